The second kappa shape index (κ2) is 16.3. The zero-order valence-corrected chi connectivity index (χ0v) is 40.3. The van der Waals surface area contributed by atoms with Crippen molar-refractivity contribution < 1.29 is 0 Å². The SMILES string of the molecule is CC1(C)c2ccccc2-c2ccc(-c3ccc(N(c4ccc(-c5ccc6c(c5)C5(c7ccccc7-6)c6ccccc6N(c6ccccc6)c6ccccc65)cc4)c4ccccc4-c4ccccc4)cc3)cc21. The third-order valence-electron chi connectivity index (χ3n) is 15.9. The lowest BCUT2D eigenvalue weighted by Crippen LogP contribution is -2.36. The smallest absolute Gasteiger partial charge is 0.0754 e. The molecule has 72 heavy (non-hydrogen) atoms. The van der Waals surface area contributed by atoms with E-state index in [2.05, 4.69) is 291 Å². The van der Waals surface area contributed by atoms with Crippen LogP contribution in [0.5, 0.6) is 0 Å². The van der Waals surface area contributed by atoms with Crippen molar-refractivity contribution in [2.45, 2.75) is 24.7 Å². The summed E-state index contributed by atoms with van der Waals surface area (Å²) in [6, 6.07) is 98.9. The second-order valence-corrected chi connectivity index (χ2v) is 20.0. The Bertz CT molecular complexity index is 3840. The summed E-state index contributed by atoms with van der Waals surface area (Å²) in [5.41, 5.74) is 26.7. The van der Waals surface area contributed by atoms with E-state index in [0.29, 0.717) is 0 Å². The van der Waals surface area contributed by atoms with E-state index < -0.39 is 5.41 Å². The summed E-state index contributed by atoms with van der Waals surface area (Å²) >= 11 is 0. The van der Waals surface area contributed by atoms with E-state index in [-0.39, 0.29) is 5.41 Å². The Morgan fingerprint density at radius 2 is 0.708 bits per heavy atom. The molecule has 0 unspecified atom stereocenters. The van der Waals surface area contributed by atoms with Gasteiger partial charge in [0.2, 0.25) is 0 Å². The number of rotatable bonds is 7. The molecule has 0 atom stereocenters. The molecule has 0 radical (unpaired) electrons. The summed E-state index contributed by atoms with van der Waals surface area (Å²) in [7, 11) is 0. The standard InChI is InChI=1S/C70H50N2/c1-69(2)60-26-12-9-24-56(60)58-43-37-50(45-64(58)69)47-33-39-53(40-34-47)71(66-30-16-11-23-55(66)49-19-5-3-6-20-49)54-41-35-48(36-42-54)51-38-44-59-57-25-10-13-27-61(57)70(65(59)46-51)62-28-14-17-31-67(62)72(52-21-7-4-8-22-52)68-32-18-15-29-63(68)70/h3-46H,1-2H3. The van der Waals surface area contributed by atoms with Crippen LogP contribution >= 0.6 is 0 Å². The van der Waals surface area contributed by atoms with Gasteiger partial charge in [-0.25, -0.2) is 0 Å². The highest BCUT2D eigenvalue weighted by Gasteiger charge is 2.51. The third-order valence-corrected chi connectivity index (χ3v) is 15.9. The van der Waals surface area contributed by atoms with Crippen LogP contribution in [0.15, 0.2) is 267 Å². The molecule has 1 heterocycles. The normalized spacial score (nSPS) is 13.9. The van der Waals surface area contributed by atoms with Crippen molar-refractivity contribution in [2.75, 3.05) is 9.80 Å². The van der Waals surface area contributed by atoms with Crippen molar-refractivity contribution in [3.05, 3.63) is 300 Å². The van der Waals surface area contributed by atoms with Crippen LogP contribution < -0.4 is 9.80 Å². The molecule has 11 aromatic carbocycles. The molecule has 0 N–H and O–H groups in total. The minimum Gasteiger partial charge on any atom is -0.310 e. The summed E-state index contributed by atoms with van der Waals surface area (Å²) < 4.78 is 0. The second-order valence-electron chi connectivity index (χ2n) is 20.0. The van der Waals surface area contributed by atoms with Crippen molar-refractivity contribution in [3.8, 4) is 55.6 Å². The molecule has 14 rings (SSSR count). The largest absolute Gasteiger partial charge is 0.310 e. The van der Waals surface area contributed by atoms with Crippen LogP contribution in [0, 0.1) is 0 Å². The first-order valence-electron chi connectivity index (χ1n) is 25.2. The lowest BCUT2D eigenvalue weighted by molar-refractivity contribution is 0.660. The number of hydrogen-bond acceptors (Lipinski definition) is 2. The summed E-state index contributed by atoms with van der Waals surface area (Å²) in [6.07, 6.45) is 0. The van der Waals surface area contributed by atoms with E-state index in [4.69, 9.17) is 0 Å². The molecule has 0 saturated carbocycles. The molecule has 1 spiro atoms. The maximum Gasteiger partial charge on any atom is 0.0754 e. The zero-order valence-electron chi connectivity index (χ0n) is 40.3. The van der Waals surface area contributed by atoms with Crippen molar-refractivity contribution >= 4 is 34.1 Å². The van der Waals surface area contributed by atoms with Crippen LogP contribution in [0.2, 0.25) is 0 Å². The molecule has 0 saturated heterocycles. The molecule has 2 nitrogen and oxygen atoms in total. The van der Waals surface area contributed by atoms with Gasteiger partial charge >= 0.3 is 0 Å². The molecule has 1 aliphatic heterocycles. The maximum absolute atomic E-state index is 2.48. The molecular formula is C70H50N2. The van der Waals surface area contributed by atoms with Crippen LogP contribution in [-0.2, 0) is 10.8 Å². The molecule has 0 amide bonds. The van der Waals surface area contributed by atoms with E-state index in [0.717, 1.165) is 22.7 Å². The Kier molecular flexibility index (Phi) is 9.50. The summed E-state index contributed by atoms with van der Waals surface area (Å²) in [5, 5.41) is 0. The van der Waals surface area contributed by atoms with Gasteiger partial charge in [-0.2, -0.15) is 0 Å². The lowest BCUT2D eigenvalue weighted by atomic mass is 9.64. The molecular weight excluding hydrogens is 869 g/mol. The summed E-state index contributed by atoms with van der Waals surface area (Å²) in [4.78, 5) is 4.86. The third kappa shape index (κ3) is 6.22. The van der Waals surface area contributed by atoms with E-state index in [1.807, 2.05) is 0 Å². The number of para-hydroxylation sites is 4. The van der Waals surface area contributed by atoms with E-state index in [1.165, 1.54) is 100 Å². The monoisotopic (exact) mass is 918 g/mol. The molecule has 0 aromatic heterocycles. The zero-order chi connectivity index (χ0) is 48.0. The lowest BCUT2D eigenvalue weighted by Gasteiger charge is -2.45. The van der Waals surface area contributed by atoms with Crippen LogP contribution in [-0.4, -0.2) is 0 Å². The fraction of sp³-hybridized carbons (Fsp3) is 0.0571. The van der Waals surface area contributed by atoms with Crippen molar-refractivity contribution in [3.63, 3.8) is 0 Å². The minimum atomic E-state index is -0.522. The Hall–Kier alpha value is -8.98. The number of nitrogens with zero attached hydrogens (tertiary/aromatic N) is 2. The first-order chi connectivity index (χ1) is 35.5. The average Bonchev–Trinajstić information content (AvgIpc) is 3.87. The number of anilines is 6. The summed E-state index contributed by atoms with van der Waals surface area (Å²) in [5.74, 6) is 0. The number of benzene rings is 11. The van der Waals surface area contributed by atoms with Gasteiger partial charge in [-0.3, -0.25) is 0 Å². The van der Waals surface area contributed by atoms with Gasteiger partial charge in [0.25, 0.3) is 0 Å². The highest BCUT2D eigenvalue weighted by molar-refractivity contribution is 5.97. The van der Waals surface area contributed by atoms with Crippen LogP contribution in [0.25, 0.3) is 55.6 Å². The van der Waals surface area contributed by atoms with Gasteiger partial charge in [-0.15, -0.1) is 0 Å². The van der Waals surface area contributed by atoms with Gasteiger partial charge in [0, 0.05) is 28.0 Å². The van der Waals surface area contributed by atoms with Gasteiger partial charge in [0.15, 0.2) is 0 Å². The van der Waals surface area contributed by atoms with Crippen molar-refractivity contribution in [2.24, 2.45) is 0 Å². The molecule has 340 valence electrons. The van der Waals surface area contributed by atoms with Crippen molar-refractivity contribution in [1.29, 1.82) is 0 Å². The fourth-order valence-electron chi connectivity index (χ4n) is 12.6. The van der Waals surface area contributed by atoms with Crippen LogP contribution in [0.3, 0.4) is 0 Å². The quantitative estimate of drug-likeness (QED) is 0.157. The molecule has 0 fully saturated rings. The van der Waals surface area contributed by atoms with Crippen LogP contribution in [0.4, 0.5) is 34.1 Å². The van der Waals surface area contributed by atoms with Crippen molar-refractivity contribution in [1.82, 2.24) is 0 Å². The number of hydrogen-bond donors (Lipinski definition) is 0. The minimum absolute atomic E-state index is 0.0601. The molecule has 0 bridgehead atoms. The average molecular weight is 919 g/mol. The first-order valence-corrected chi connectivity index (χ1v) is 25.2. The van der Waals surface area contributed by atoms with Gasteiger partial charge in [0.1, 0.15) is 0 Å². The Balaban J connectivity index is 0.881. The van der Waals surface area contributed by atoms with E-state index in [9.17, 15) is 0 Å². The predicted octanol–water partition coefficient (Wildman–Crippen LogP) is 18.6. The maximum atomic E-state index is 2.48. The van der Waals surface area contributed by atoms with Crippen LogP contribution in [0.1, 0.15) is 47.2 Å². The molecule has 3 aliphatic rings. The summed E-state index contributed by atoms with van der Waals surface area (Å²) in [6.45, 7) is 4.71. The highest BCUT2D eigenvalue weighted by atomic mass is 15.2. The Labute approximate surface area is 422 Å². The first kappa shape index (κ1) is 41.9. The van der Waals surface area contributed by atoms with E-state index in [1.54, 1.807) is 0 Å². The Morgan fingerprint density at radius 3 is 1.31 bits per heavy atom. The topological polar surface area (TPSA) is 6.48 Å². The number of fused-ring (bicyclic) bond motifs is 12. The molecule has 11 aromatic rings. The fourth-order valence-corrected chi connectivity index (χ4v) is 12.6. The predicted molar refractivity (Wildman–Crippen MR) is 301 cm³/mol. The van der Waals surface area contributed by atoms with Gasteiger partial charge in [0.05, 0.1) is 22.5 Å². The van der Waals surface area contributed by atoms with Gasteiger partial charge in [-0.1, -0.05) is 214 Å². The molecule has 2 heteroatoms. The van der Waals surface area contributed by atoms with Gasteiger partial charge in [-0.05, 0) is 150 Å². The highest BCUT2D eigenvalue weighted by Crippen LogP contribution is 2.64. The van der Waals surface area contributed by atoms with Gasteiger partial charge < -0.3 is 9.80 Å². The molecule has 2 aliphatic carbocycles. The Morgan fingerprint density at radius 1 is 0.292 bits per heavy atom. The van der Waals surface area contributed by atoms with E-state index >= 15 is 0 Å².